The molecule has 194 valence electrons. The molecule has 1 aromatic heterocycles. The lowest BCUT2D eigenvalue weighted by Gasteiger charge is -2.24. The van der Waals surface area contributed by atoms with E-state index in [9.17, 15) is 11.9 Å². The number of rotatable bonds is 7. The van der Waals surface area contributed by atoms with Crippen LogP contribution >= 0.6 is 11.6 Å². The van der Waals surface area contributed by atoms with Crippen molar-refractivity contribution in [3.05, 3.63) is 75.7 Å². The van der Waals surface area contributed by atoms with Crippen LogP contribution in [0.1, 0.15) is 63.3 Å². The molecule has 1 atom stereocenters. The van der Waals surface area contributed by atoms with Crippen molar-refractivity contribution < 1.29 is 1.37 Å². The fraction of sp³-hybridized carbons (Fsp3) is 0.345. The van der Waals surface area contributed by atoms with Gasteiger partial charge in [0.05, 0.1) is 46.5 Å². The molecular formula is C29H31ClN8. The fourth-order valence-electron chi connectivity index (χ4n) is 4.42. The van der Waals surface area contributed by atoms with Gasteiger partial charge in [-0.2, -0.15) is 10.5 Å². The molecule has 2 aromatic carbocycles. The first-order chi connectivity index (χ1) is 18.5. The maximum atomic E-state index is 9.82. The molecule has 9 heteroatoms. The number of hydrogen-bond donors (Lipinski definition) is 4. The summed E-state index contributed by atoms with van der Waals surface area (Å²) >= 11 is 6.74. The molecule has 1 aliphatic heterocycles. The molecule has 38 heavy (non-hydrogen) atoms. The van der Waals surface area contributed by atoms with Crippen molar-refractivity contribution in [3.8, 4) is 12.1 Å². The highest BCUT2D eigenvalue weighted by Gasteiger charge is 2.33. The second-order valence-electron chi connectivity index (χ2n) is 10.9. The third-order valence-electron chi connectivity index (χ3n) is 6.63. The summed E-state index contributed by atoms with van der Waals surface area (Å²) < 4.78 is 9.79. The Morgan fingerprint density at radius 2 is 2.00 bits per heavy atom. The molecule has 2 heterocycles. The number of nitrogens with zero attached hydrogens (tertiary/aromatic N) is 4. The maximum absolute atomic E-state index is 9.82. The summed E-state index contributed by atoms with van der Waals surface area (Å²) in [4.78, 5) is 4.46. The molecule has 0 amide bonds. The summed E-state index contributed by atoms with van der Waals surface area (Å²) in [5.74, 6) is 0. The van der Waals surface area contributed by atoms with E-state index < -0.39 is 6.02 Å². The Kier molecular flexibility index (Phi) is 6.45. The van der Waals surface area contributed by atoms with Crippen LogP contribution in [0.15, 0.2) is 48.4 Å². The number of benzene rings is 2. The standard InChI is InChI=1S/C29H31ClN8/c1-17-18(12-31)6-5-7-22(17)28(25-15-38(37-36-25)21-8-9-21)35-20-10-23-26(34-16-29(2,3)4)19(13-32)14-33-27(23)24(30)11-20/h5-7,10-11,14-15,21,28,35-37H,8-9,16H2,1-4H3,(H,33,34)/i28D. The summed E-state index contributed by atoms with van der Waals surface area (Å²) in [5.41, 5.74) is 10.9. The summed E-state index contributed by atoms with van der Waals surface area (Å²) in [6.07, 6.45) is 5.60. The van der Waals surface area contributed by atoms with Crippen LogP contribution in [0, 0.1) is 35.0 Å². The van der Waals surface area contributed by atoms with Crippen molar-refractivity contribution >= 4 is 33.9 Å². The van der Waals surface area contributed by atoms with E-state index in [1.807, 2.05) is 30.3 Å². The molecule has 1 aliphatic carbocycles. The van der Waals surface area contributed by atoms with E-state index in [2.05, 4.69) is 59.5 Å². The molecule has 0 spiro atoms. The highest BCUT2D eigenvalue weighted by molar-refractivity contribution is 6.35. The summed E-state index contributed by atoms with van der Waals surface area (Å²) in [7, 11) is 0. The average Bonchev–Trinajstić information content (AvgIpc) is 3.62. The van der Waals surface area contributed by atoms with Crippen molar-refractivity contribution in [2.75, 3.05) is 17.2 Å². The second-order valence-corrected chi connectivity index (χ2v) is 11.3. The number of pyridine rings is 1. The molecule has 4 N–H and O–H groups in total. The molecule has 2 aliphatic rings. The van der Waals surface area contributed by atoms with Crippen molar-refractivity contribution in [2.24, 2.45) is 5.41 Å². The molecule has 1 saturated carbocycles. The predicted octanol–water partition coefficient (Wildman–Crippen LogP) is 5.88. The molecule has 1 unspecified atom stereocenters. The quantitative estimate of drug-likeness (QED) is 0.301. The van der Waals surface area contributed by atoms with Gasteiger partial charge in [-0.3, -0.25) is 9.99 Å². The number of fused-ring (bicyclic) bond motifs is 1. The highest BCUT2D eigenvalue weighted by atomic mass is 35.5. The minimum absolute atomic E-state index is 0.0252. The van der Waals surface area contributed by atoms with E-state index in [1.54, 1.807) is 18.2 Å². The van der Waals surface area contributed by atoms with Gasteiger partial charge in [0.1, 0.15) is 6.07 Å². The molecule has 5 rings (SSSR count). The summed E-state index contributed by atoms with van der Waals surface area (Å²) in [6.45, 7) is 8.83. The zero-order valence-corrected chi connectivity index (χ0v) is 22.7. The van der Waals surface area contributed by atoms with Crippen LogP contribution in [0.5, 0.6) is 0 Å². The molecule has 8 nitrogen and oxygen atoms in total. The largest absolute Gasteiger partial charge is 0.383 e. The van der Waals surface area contributed by atoms with Crippen molar-refractivity contribution in [1.29, 1.82) is 10.5 Å². The number of halogens is 1. The van der Waals surface area contributed by atoms with Crippen molar-refractivity contribution in [3.63, 3.8) is 0 Å². The number of nitriles is 2. The third kappa shape index (κ3) is 5.19. The van der Waals surface area contributed by atoms with Crippen LogP contribution in [0.25, 0.3) is 10.9 Å². The van der Waals surface area contributed by atoms with E-state index in [0.717, 1.165) is 12.8 Å². The van der Waals surface area contributed by atoms with Gasteiger partial charge in [0.2, 0.25) is 0 Å². The van der Waals surface area contributed by atoms with Gasteiger partial charge in [-0.1, -0.05) is 44.5 Å². The molecule has 3 aromatic rings. The highest BCUT2D eigenvalue weighted by Crippen LogP contribution is 2.37. The lowest BCUT2D eigenvalue weighted by Crippen LogP contribution is -2.38. The third-order valence-corrected chi connectivity index (χ3v) is 6.92. The first-order valence-electron chi connectivity index (χ1n) is 13.1. The minimum atomic E-state index is -1.50. The summed E-state index contributed by atoms with van der Waals surface area (Å²) in [6, 6.07) is 12.4. The Hall–Kier alpha value is -3.98. The van der Waals surface area contributed by atoms with Gasteiger partial charge >= 0.3 is 0 Å². The molecule has 0 saturated heterocycles. The van der Waals surface area contributed by atoms with E-state index in [-0.39, 0.29) is 5.41 Å². The number of anilines is 2. The molecule has 0 bridgehead atoms. The molecule has 1 fully saturated rings. The molecular weight excluding hydrogens is 496 g/mol. The van der Waals surface area contributed by atoms with E-state index >= 15 is 0 Å². The van der Waals surface area contributed by atoms with Crippen LogP contribution < -0.4 is 21.6 Å². The second kappa shape index (κ2) is 10.1. The van der Waals surface area contributed by atoms with Gasteiger partial charge in [-0.15, -0.1) is 5.53 Å². The zero-order valence-electron chi connectivity index (χ0n) is 22.9. The van der Waals surface area contributed by atoms with E-state index in [1.165, 1.54) is 6.20 Å². The number of hydrogen-bond acceptors (Lipinski definition) is 8. The maximum Gasteiger partial charge on any atom is 0.103 e. The topological polar surface area (TPSA) is 112 Å². The Labute approximate surface area is 229 Å². The Bertz CT molecular complexity index is 1560. The Morgan fingerprint density at radius 1 is 1.24 bits per heavy atom. The fourth-order valence-corrected chi connectivity index (χ4v) is 4.69. The zero-order chi connectivity index (χ0) is 27.9. The van der Waals surface area contributed by atoms with Gasteiger partial charge in [0.25, 0.3) is 0 Å². The smallest absolute Gasteiger partial charge is 0.103 e. The normalized spacial score (nSPS) is 17.1. The lowest BCUT2D eigenvalue weighted by molar-refractivity contribution is 0.260. The van der Waals surface area contributed by atoms with Crippen molar-refractivity contribution in [1.82, 2.24) is 21.0 Å². The van der Waals surface area contributed by atoms with Crippen LogP contribution in [0.4, 0.5) is 11.4 Å². The Morgan fingerprint density at radius 3 is 2.68 bits per heavy atom. The lowest BCUT2D eigenvalue weighted by atomic mass is 9.95. The first-order valence-corrected chi connectivity index (χ1v) is 13.0. The van der Waals surface area contributed by atoms with Crippen LogP contribution in [-0.2, 0) is 0 Å². The van der Waals surface area contributed by atoms with Gasteiger partial charge in [0, 0.05) is 36.1 Å². The van der Waals surface area contributed by atoms with Crippen LogP contribution in [0.3, 0.4) is 0 Å². The number of nitrogens with one attached hydrogen (secondary N) is 4. The van der Waals surface area contributed by atoms with Crippen molar-refractivity contribution in [2.45, 2.75) is 52.6 Å². The summed E-state index contributed by atoms with van der Waals surface area (Å²) in [5, 5.41) is 29.4. The number of aromatic nitrogens is 1. The SMILES string of the molecule is [2H]C(Nc1cc(Cl)c2ncc(C#N)c(NCC(C)(C)C)c2c1)(C1=CN(C2CC2)NN1)c1cccc(C#N)c1C. The van der Waals surface area contributed by atoms with Gasteiger partial charge in [-0.05, 0) is 54.5 Å². The van der Waals surface area contributed by atoms with Gasteiger partial charge in [-0.25, -0.2) is 0 Å². The first kappa shape index (κ1) is 24.4. The number of hydrazine groups is 2. The van der Waals surface area contributed by atoms with E-state index in [4.69, 9.17) is 11.6 Å². The Balaban J connectivity index is 1.64. The van der Waals surface area contributed by atoms with Gasteiger partial charge in [0.15, 0.2) is 0 Å². The van der Waals surface area contributed by atoms with Crippen LogP contribution in [-0.4, -0.2) is 22.6 Å². The molecule has 0 radical (unpaired) electrons. The van der Waals surface area contributed by atoms with Gasteiger partial charge < -0.3 is 16.1 Å². The predicted molar refractivity (Wildman–Crippen MR) is 151 cm³/mol. The van der Waals surface area contributed by atoms with Crippen LogP contribution in [0.2, 0.25) is 5.02 Å². The van der Waals surface area contributed by atoms with E-state index in [0.29, 0.717) is 67.8 Å². The minimum Gasteiger partial charge on any atom is -0.383 e. The average molecular weight is 528 g/mol. The monoisotopic (exact) mass is 527 g/mol.